The maximum Gasteiger partial charge on any atom is 0.331 e. The van der Waals surface area contributed by atoms with E-state index < -0.39 is 35.5 Å². The third kappa shape index (κ3) is 5.78. The van der Waals surface area contributed by atoms with Crippen molar-refractivity contribution in [3.63, 3.8) is 0 Å². The van der Waals surface area contributed by atoms with Crippen LogP contribution in [0.5, 0.6) is 0 Å². The first-order valence-electron chi connectivity index (χ1n) is 13.0. The monoisotopic (exact) mass is 545 g/mol. The van der Waals surface area contributed by atoms with Gasteiger partial charge in [-0.3, -0.25) is 23.6 Å². The minimum absolute atomic E-state index is 0.0408. The Labute approximate surface area is 229 Å². The molecule has 206 valence electrons. The van der Waals surface area contributed by atoms with E-state index in [2.05, 4.69) is 0 Å². The van der Waals surface area contributed by atoms with Crippen LogP contribution in [0.4, 0.5) is 14.5 Å². The van der Waals surface area contributed by atoms with E-state index in [0.29, 0.717) is 18.7 Å². The summed E-state index contributed by atoms with van der Waals surface area (Å²) in [6.07, 6.45) is 1.21. The van der Waals surface area contributed by atoms with Crippen LogP contribution in [-0.4, -0.2) is 39.6 Å². The second-order valence-electron chi connectivity index (χ2n) is 9.80. The molecule has 1 saturated heterocycles. The molecule has 1 aromatic heterocycles. The van der Waals surface area contributed by atoms with Crippen molar-refractivity contribution in [2.45, 2.75) is 25.7 Å². The Hall–Kier alpha value is -4.41. The van der Waals surface area contributed by atoms with E-state index >= 15 is 0 Å². The molecule has 2 N–H and O–H groups in total. The molecule has 0 saturated carbocycles. The predicted octanol–water partition coefficient (Wildman–Crippen LogP) is 2.89. The maximum absolute atomic E-state index is 14.5. The normalized spacial score (nSPS) is 14.9. The molecule has 0 spiro atoms. The lowest BCUT2D eigenvalue weighted by molar-refractivity contribution is -0.121. The van der Waals surface area contributed by atoms with E-state index in [1.807, 2.05) is 41.3 Å². The highest BCUT2D eigenvalue weighted by atomic mass is 19.1. The fourth-order valence-electron chi connectivity index (χ4n) is 4.91. The molecule has 1 fully saturated rings. The lowest BCUT2D eigenvalue weighted by atomic mass is 10.1. The fourth-order valence-corrected chi connectivity index (χ4v) is 4.91. The zero-order valence-electron chi connectivity index (χ0n) is 21.7. The van der Waals surface area contributed by atoms with Gasteiger partial charge in [-0.2, -0.15) is 0 Å². The number of aromatic nitrogens is 2. The van der Waals surface area contributed by atoms with Gasteiger partial charge in [0.25, 0.3) is 5.56 Å². The molecule has 0 unspecified atom stereocenters. The van der Waals surface area contributed by atoms with Gasteiger partial charge in [0, 0.05) is 37.4 Å². The number of hydrogen-bond donors (Lipinski definition) is 1. The highest BCUT2D eigenvalue weighted by molar-refractivity contribution is 5.95. The molecule has 5 rings (SSSR count). The van der Waals surface area contributed by atoms with Crippen molar-refractivity contribution in [3.8, 4) is 0 Å². The molecular weight excluding hydrogens is 516 g/mol. The number of amides is 1. The van der Waals surface area contributed by atoms with Gasteiger partial charge in [0.15, 0.2) is 0 Å². The highest BCUT2D eigenvalue weighted by Gasteiger charge is 2.29. The van der Waals surface area contributed by atoms with Gasteiger partial charge in [0.1, 0.15) is 17.3 Å². The van der Waals surface area contributed by atoms with Gasteiger partial charge in [-0.15, -0.1) is 0 Å². The Morgan fingerprint density at radius 1 is 0.800 bits per heavy atom. The quantitative estimate of drug-likeness (QED) is 0.368. The first-order valence-corrected chi connectivity index (χ1v) is 13.0. The zero-order valence-corrected chi connectivity index (χ0v) is 21.7. The van der Waals surface area contributed by atoms with Crippen molar-refractivity contribution in [3.05, 3.63) is 134 Å². The van der Waals surface area contributed by atoms with Gasteiger partial charge in [0.2, 0.25) is 5.91 Å². The molecule has 1 aliphatic heterocycles. The van der Waals surface area contributed by atoms with E-state index in [1.165, 1.54) is 17.2 Å². The van der Waals surface area contributed by atoms with Gasteiger partial charge >= 0.3 is 5.69 Å². The summed E-state index contributed by atoms with van der Waals surface area (Å²) >= 11 is 0. The molecule has 1 aliphatic rings. The molecule has 0 radical (unpaired) electrons. The van der Waals surface area contributed by atoms with Crippen LogP contribution in [0.3, 0.4) is 0 Å². The third-order valence-corrected chi connectivity index (χ3v) is 7.06. The molecule has 40 heavy (non-hydrogen) atoms. The van der Waals surface area contributed by atoms with Crippen molar-refractivity contribution in [1.29, 1.82) is 0 Å². The topological polar surface area (TPSA) is 93.6 Å². The molecule has 3 aromatic carbocycles. The number of rotatable bonds is 8. The molecule has 1 atom stereocenters. The minimum Gasteiger partial charge on any atom is -0.322 e. The number of benzene rings is 3. The first-order chi connectivity index (χ1) is 19.3. The average Bonchev–Trinajstić information content (AvgIpc) is 2.95. The van der Waals surface area contributed by atoms with E-state index in [-0.39, 0.29) is 36.8 Å². The molecule has 8 nitrogen and oxygen atoms in total. The van der Waals surface area contributed by atoms with Crippen LogP contribution < -0.4 is 21.9 Å². The SMILES string of the molecule is N[C@H](Cn1c(=O)c(N2CCN(Cc3ccccc3)CC2=O)cn(Cc2c(F)cccc2F)c1=O)c1ccccc1. The van der Waals surface area contributed by atoms with Crippen LogP contribution in [0.2, 0.25) is 0 Å². The van der Waals surface area contributed by atoms with Gasteiger partial charge in [-0.05, 0) is 23.3 Å². The lowest BCUT2D eigenvalue weighted by Crippen LogP contribution is -2.53. The van der Waals surface area contributed by atoms with Crippen molar-refractivity contribution in [1.82, 2.24) is 14.0 Å². The second-order valence-corrected chi connectivity index (χ2v) is 9.80. The smallest absolute Gasteiger partial charge is 0.322 e. The highest BCUT2D eigenvalue weighted by Crippen LogP contribution is 2.18. The Kier molecular flexibility index (Phi) is 7.99. The van der Waals surface area contributed by atoms with E-state index in [9.17, 15) is 23.2 Å². The molecule has 2 heterocycles. The third-order valence-electron chi connectivity index (χ3n) is 7.06. The predicted molar refractivity (Wildman–Crippen MR) is 148 cm³/mol. The summed E-state index contributed by atoms with van der Waals surface area (Å²) in [6.45, 7) is 0.689. The summed E-state index contributed by atoms with van der Waals surface area (Å²) in [6, 6.07) is 21.4. The molecular formula is C30H29F2N5O3. The van der Waals surface area contributed by atoms with Crippen LogP contribution in [0, 0.1) is 11.6 Å². The molecule has 0 aliphatic carbocycles. The summed E-state index contributed by atoms with van der Waals surface area (Å²) in [4.78, 5) is 43.7. The number of nitrogens with zero attached hydrogens (tertiary/aromatic N) is 4. The van der Waals surface area contributed by atoms with Crippen molar-refractivity contribution in [2.24, 2.45) is 5.73 Å². The fraction of sp³-hybridized carbons (Fsp3) is 0.233. The maximum atomic E-state index is 14.5. The van der Waals surface area contributed by atoms with Gasteiger partial charge in [-0.1, -0.05) is 66.7 Å². The van der Waals surface area contributed by atoms with E-state index in [0.717, 1.165) is 26.8 Å². The minimum atomic E-state index is -0.821. The van der Waals surface area contributed by atoms with Crippen LogP contribution >= 0.6 is 0 Å². The number of carbonyl (C=O) groups excluding carboxylic acids is 1. The lowest BCUT2D eigenvalue weighted by Gasteiger charge is -2.34. The Morgan fingerprint density at radius 2 is 1.45 bits per heavy atom. The molecule has 1 amide bonds. The number of halogens is 2. The van der Waals surface area contributed by atoms with Gasteiger partial charge in [0.05, 0.1) is 19.6 Å². The van der Waals surface area contributed by atoms with Crippen LogP contribution in [0.15, 0.2) is 94.6 Å². The van der Waals surface area contributed by atoms with Gasteiger partial charge in [-0.25, -0.2) is 13.6 Å². The van der Waals surface area contributed by atoms with Crippen LogP contribution in [0.25, 0.3) is 0 Å². The van der Waals surface area contributed by atoms with Crippen LogP contribution in [-0.2, 0) is 24.4 Å². The molecule has 4 aromatic rings. The Bertz CT molecular complexity index is 1600. The number of nitrogens with two attached hydrogens (primary N) is 1. The Morgan fingerprint density at radius 3 is 2.10 bits per heavy atom. The van der Waals surface area contributed by atoms with E-state index in [1.54, 1.807) is 24.3 Å². The zero-order chi connectivity index (χ0) is 28.2. The van der Waals surface area contributed by atoms with Crippen molar-refractivity contribution < 1.29 is 13.6 Å². The van der Waals surface area contributed by atoms with Crippen molar-refractivity contribution in [2.75, 3.05) is 24.5 Å². The van der Waals surface area contributed by atoms with Crippen LogP contribution in [0.1, 0.15) is 22.7 Å². The summed E-state index contributed by atoms with van der Waals surface area (Å²) in [5, 5.41) is 0. The Balaban J connectivity index is 1.50. The standard InChI is InChI=1S/C30H29F2N5O3/c31-24-12-7-13-25(32)23(24)17-35-19-27(29(39)37(30(35)40)18-26(33)22-10-5-2-6-11-22)36-15-14-34(20-28(36)38)16-21-8-3-1-4-9-21/h1-13,19,26H,14-18,20,33H2/t26-/m1/s1. The largest absolute Gasteiger partial charge is 0.331 e. The first kappa shape index (κ1) is 27.2. The molecule has 0 bridgehead atoms. The summed E-state index contributed by atoms with van der Waals surface area (Å²) in [7, 11) is 0. The molecule has 10 heteroatoms. The second kappa shape index (κ2) is 11.8. The van der Waals surface area contributed by atoms with E-state index in [4.69, 9.17) is 5.73 Å². The summed E-state index contributed by atoms with van der Waals surface area (Å²) in [5.74, 6) is -1.96. The number of piperazine rings is 1. The van der Waals surface area contributed by atoms with Crippen molar-refractivity contribution >= 4 is 11.6 Å². The number of hydrogen-bond acceptors (Lipinski definition) is 5. The summed E-state index contributed by atoms with van der Waals surface area (Å²) in [5.41, 5.74) is 6.27. The number of anilines is 1. The number of carbonyl (C=O) groups is 1. The summed E-state index contributed by atoms with van der Waals surface area (Å²) < 4.78 is 31.0. The average molecular weight is 546 g/mol. The van der Waals surface area contributed by atoms with Gasteiger partial charge < -0.3 is 10.6 Å².